The lowest BCUT2D eigenvalue weighted by Crippen LogP contribution is -2.55. The minimum atomic E-state index is -0.749. The number of nitriles is 2. The summed E-state index contributed by atoms with van der Waals surface area (Å²) in [5, 5.41) is 25.3. The second kappa shape index (κ2) is 26.8. The second-order valence-corrected chi connectivity index (χ2v) is 26.2. The lowest BCUT2D eigenvalue weighted by atomic mass is 9.94. The fourth-order valence-corrected chi connectivity index (χ4v) is 16.0. The van der Waals surface area contributed by atoms with Crippen molar-refractivity contribution in [1.82, 2.24) is 39.5 Å². The average Bonchev–Trinajstić information content (AvgIpc) is 1.72. The van der Waals surface area contributed by atoms with Crippen molar-refractivity contribution in [1.29, 1.82) is 10.5 Å². The number of fused-ring (bicyclic) bond motifs is 5. The number of rotatable bonds is 18. The van der Waals surface area contributed by atoms with Gasteiger partial charge in [-0.05, 0) is 124 Å². The van der Waals surface area contributed by atoms with Crippen LogP contribution < -0.4 is 29.1 Å². The first-order valence-corrected chi connectivity index (χ1v) is 32.9. The van der Waals surface area contributed by atoms with Gasteiger partial charge in [-0.15, -0.1) is 0 Å². The Hall–Kier alpha value is -7.88. The normalized spacial score (nSPS) is 22.8. The van der Waals surface area contributed by atoms with E-state index in [9.17, 15) is 28.9 Å². The monoisotopic (exact) mass is 1270 g/mol. The van der Waals surface area contributed by atoms with Gasteiger partial charge in [0, 0.05) is 122 Å². The van der Waals surface area contributed by atoms with E-state index in [1.165, 1.54) is 29.9 Å². The Morgan fingerprint density at radius 3 is 1.80 bits per heavy atom. The van der Waals surface area contributed by atoms with E-state index in [0.717, 1.165) is 112 Å². The Morgan fingerprint density at radius 2 is 1.23 bits per heavy atom. The minimum Gasteiger partial charge on any atom is -0.462 e. The van der Waals surface area contributed by atoms with E-state index < -0.39 is 25.4 Å². The van der Waals surface area contributed by atoms with Gasteiger partial charge in [-0.2, -0.15) is 30.5 Å². The van der Waals surface area contributed by atoms with Crippen LogP contribution in [-0.4, -0.2) is 173 Å². The first-order chi connectivity index (χ1) is 44.3. The van der Waals surface area contributed by atoms with Crippen molar-refractivity contribution in [2.45, 2.75) is 120 Å². The number of ether oxygens (including phenoxy) is 2. The number of likely N-dealkylation sites (tertiary alicyclic amines) is 1. The molecular weight excluding hydrogens is 1200 g/mol. The zero-order valence-electron chi connectivity index (χ0n) is 51.6. The maximum atomic E-state index is 13.3. The fraction of sp³-hybridized carbons (Fsp3) is 0.478. The molecule has 6 aromatic rings. The Labute approximate surface area is 540 Å². The SMILES string of the molecule is CC(C)N1CCC1COc1nc2c(c(N3CCN(C(=O)/C=C/CF)[C@@H](CC#N)C3)n1)CCN(c1cc(C3CCC4(COc5nc6c(c(N7CCN(C(=O)/C=C/CF)[C@@H](CC#N)C7)n5)CCN(c5cccc7cccc(Cl)c57)C6)CCCN34)cc3cccc(Cl)c13)C2. The third-order valence-electron chi connectivity index (χ3n) is 20.0. The van der Waals surface area contributed by atoms with Crippen molar-refractivity contribution in [2.24, 2.45) is 0 Å². The number of anilines is 4. The van der Waals surface area contributed by atoms with Crippen LogP contribution in [0.2, 0.25) is 10.0 Å². The van der Waals surface area contributed by atoms with Crippen molar-refractivity contribution in [3.05, 3.63) is 129 Å². The largest absolute Gasteiger partial charge is 0.462 e. The number of amides is 2. The van der Waals surface area contributed by atoms with E-state index in [4.69, 9.17) is 52.6 Å². The van der Waals surface area contributed by atoms with Crippen LogP contribution in [0.15, 0.2) is 91.0 Å². The number of benzene rings is 4. The van der Waals surface area contributed by atoms with E-state index in [-0.39, 0.29) is 48.3 Å². The highest BCUT2D eigenvalue weighted by atomic mass is 35.5. The molecule has 0 radical (unpaired) electrons. The molecule has 7 aliphatic heterocycles. The summed E-state index contributed by atoms with van der Waals surface area (Å²) in [5.74, 6) is 0.878. The van der Waals surface area contributed by atoms with E-state index in [1.54, 1.807) is 9.80 Å². The van der Waals surface area contributed by atoms with Crippen molar-refractivity contribution in [2.75, 3.05) is 112 Å². The molecule has 0 N–H and O–H groups in total. The summed E-state index contributed by atoms with van der Waals surface area (Å²) in [6.45, 7) is 10.3. The molecule has 5 saturated heterocycles. The Kier molecular flexibility index (Phi) is 18.2. The number of halogens is 4. The number of hydrogen-bond donors (Lipinski definition) is 0. The predicted molar refractivity (Wildman–Crippen MR) is 349 cm³/mol. The van der Waals surface area contributed by atoms with Gasteiger partial charge in [-0.25, -0.2) is 8.78 Å². The molecule has 0 spiro atoms. The average molecular weight is 1270 g/mol. The molecule has 4 aromatic carbocycles. The first-order valence-electron chi connectivity index (χ1n) is 32.1. The molecule has 0 saturated carbocycles. The molecule has 5 atom stereocenters. The highest BCUT2D eigenvalue weighted by Crippen LogP contribution is 2.51. The third-order valence-corrected chi connectivity index (χ3v) is 20.6. The smallest absolute Gasteiger partial charge is 0.318 e. The summed E-state index contributed by atoms with van der Waals surface area (Å²) in [7, 11) is 0. The summed E-state index contributed by atoms with van der Waals surface area (Å²) >= 11 is 14.2. The van der Waals surface area contributed by atoms with Crippen LogP contribution in [0, 0.1) is 22.7 Å². The molecule has 2 amide bonds. The molecule has 18 nitrogen and oxygen atoms in total. The summed E-state index contributed by atoms with van der Waals surface area (Å²) < 4.78 is 39.9. The predicted octanol–water partition coefficient (Wildman–Crippen LogP) is 10.5. The van der Waals surface area contributed by atoms with Gasteiger partial charge in [-0.1, -0.05) is 59.6 Å². The van der Waals surface area contributed by atoms with Crippen LogP contribution in [0.25, 0.3) is 21.5 Å². The van der Waals surface area contributed by atoms with Gasteiger partial charge in [0.15, 0.2) is 0 Å². The van der Waals surface area contributed by atoms with Crippen LogP contribution >= 0.6 is 23.2 Å². The summed E-state index contributed by atoms with van der Waals surface area (Å²) in [6, 6.07) is 28.0. The molecule has 91 heavy (non-hydrogen) atoms. The van der Waals surface area contributed by atoms with Gasteiger partial charge in [0.25, 0.3) is 0 Å². The molecule has 13 rings (SSSR count). The van der Waals surface area contributed by atoms with Crippen LogP contribution in [0.4, 0.5) is 31.8 Å². The zero-order chi connectivity index (χ0) is 62.9. The second-order valence-electron chi connectivity index (χ2n) is 25.4. The number of nitrogens with zero attached hydrogens (tertiary/aromatic N) is 14. The number of aromatic nitrogens is 4. The maximum Gasteiger partial charge on any atom is 0.318 e. The van der Waals surface area contributed by atoms with E-state index in [1.807, 2.05) is 24.3 Å². The third kappa shape index (κ3) is 12.3. The van der Waals surface area contributed by atoms with Crippen molar-refractivity contribution in [3.8, 4) is 24.2 Å². The quantitative estimate of drug-likeness (QED) is 0.0742. The van der Waals surface area contributed by atoms with Gasteiger partial charge in [-0.3, -0.25) is 19.4 Å². The van der Waals surface area contributed by atoms with E-state index in [0.29, 0.717) is 114 Å². The number of carbonyl (C=O) groups is 2. The maximum absolute atomic E-state index is 13.3. The molecular formula is C69H76Cl2F2N14O4. The molecule has 7 aliphatic rings. The molecule has 0 bridgehead atoms. The lowest BCUT2D eigenvalue weighted by molar-refractivity contribution is -0.129. The first kappa shape index (κ1) is 62.0. The minimum absolute atomic E-state index is 0.0763. The van der Waals surface area contributed by atoms with E-state index in [2.05, 4.69) is 97.8 Å². The molecule has 2 aromatic heterocycles. The highest BCUT2D eigenvalue weighted by Gasteiger charge is 2.51. The number of piperazine rings is 2. The van der Waals surface area contributed by atoms with Crippen LogP contribution in [0.3, 0.4) is 0 Å². The van der Waals surface area contributed by atoms with Crippen LogP contribution in [-0.2, 0) is 35.5 Å². The standard InChI is InChI=1S/C69H76Cl2F2N14O4/c1-45(2)84-32-20-51(84)43-90-67-76-57-42-81(31-22-53(57)65(78-67)82-33-35-85(49(39-82)18-27-74)61(88)15-6-25-72)60-38-48(37-47-11-4-13-55(71)64(47)60)58-17-24-69(23-8-29-87(58)69)44-91-68-77-56-41-80(59-14-5-10-46-9-3-12-54(70)63(46)59)30-21-52(56)66(79-68)83-34-36-86(50(40-83)19-28-75)62(89)16-7-26-73/h3-7,9-16,37-38,45,49-51,58H,8,17-26,29-36,39-44H2,1-2H3/b15-6+,16-7+/t49-,50-,51?,58?,69?/m0/s1. The zero-order valence-corrected chi connectivity index (χ0v) is 53.1. The molecule has 0 aliphatic carbocycles. The molecule has 5 fully saturated rings. The number of allylic oxidation sites excluding steroid dienone is 2. The van der Waals surface area contributed by atoms with Gasteiger partial charge >= 0.3 is 12.0 Å². The van der Waals surface area contributed by atoms with Gasteiger partial charge < -0.3 is 38.9 Å². The molecule has 3 unspecified atom stereocenters. The van der Waals surface area contributed by atoms with Crippen LogP contribution in [0.1, 0.15) is 92.9 Å². The Balaban J connectivity index is 0.793. The van der Waals surface area contributed by atoms with Crippen molar-refractivity contribution >= 4 is 79.6 Å². The molecule has 22 heteroatoms. The summed E-state index contributed by atoms with van der Waals surface area (Å²) in [5.41, 5.74) is 6.67. The van der Waals surface area contributed by atoms with Gasteiger partial charge in [0.1, 0.15) is 38.2 Å². The van der Waals surface area contributed by atoms with Crippen molar-refractivity contribution < 1.29 is 27.8 Å². The number of alkyl halides is 2. The van der Waals surface area contributed by atoms with Gasteiger partial charge in [0.05, 0.1) is 77.1 Å². The molecule has 9 heterocycles. The number of carbonyl (C=O) groups excluding carboxylic acids is 2. The van der Waals surface area contributed by atoms with Crippen LogP contribution in [0.5, 0.6) is 12.0 Å². The fourth-order valence-electron chi connectivity index (χ4n) is 15.5. The molecule has 474 valence electrons. The van der Waals surface area contributed by atoms with E-state index >= 15 is 0 Å². The Bertz CT molecular complexity index is 3890. The number of hydrogen-bond acceptors (Lipinski definition) is 16. The lowest BCUT2D eigenvalue weighted by Gasteiger charge is -2.43. The summed E-state index contributed by atoms with van der Waals surface area (Å²) in [4.78, 5) is 64.9. The summed E-state index contributed by atoms with van der Waals surface area (Å²) in [6.07, 6.45) is 11.2. The van der Waals surface area contributed by atoms with Gasteiger partial charge in [0.2, 0.25) is 11.8 Å². The Morgan fingerprint density at radius 1 is 0.659 bits per heavy atom. The topological polar surface area (TPSA) is 178 Å². The highest BCUT2D eigenvalue weighted by molar-refractivity contribution is 6.37. The van der Waals surface area contributed by atoms with Crippen molar-refractivity contribution in [3.63, 3.8) is 0 Å².